The third kappa shape index (κ3) is 3.49. The fraction of sp³-hybridized carbons (Fsp3) is 0.450. The van der Waals surface area contributed by atoms with Crippen LogP contribution in [-0.4, -0.2) is 39.3 Å². The van der Waals surface area contributed by atoms with Gasteiger partial charge in [0.25, 0.3) is 0 Å². The zero-order valence-corrected chi connectivity index (χ0v) is 15.0. The van der Waals surface area contributed by atoms with E-state index in [9.17, 15) is 9.59 Å². The van der Waals surface area contributed by atoms with Crippen molar-refractivity contribution in [3.05, 3.63) is 53.1 Å². The van der Waals surface area contributed by atoms with Gasteiger partial charge in [-0.05, 0) is 25.3 Å². The summed E-state index contributed by atoms with van der Waals surface area (Å²) in [6, 6.07) is 9.86. The van der Waals surface area contributed by atoms with Crippen LogP contribution in [-0.2, 0) is 29.0 Å². The summed E-state index contributed by atoms with van der Waals surface area (Å²) < 4.78 is 0. The van der Waals surface area contributed by atoms with Gasteiger partial charge < -0.3 is 15.2 Å². The number of hydrogen-bond donors (Lipinski definition) is 2. The van der Waals surface area contributed by atoms with E-state index in [1.54, 1.807) is 0 Å². The Kier molecular flexibility index (Phi) is 4.49. The Bertz CT molecular complexity index is 814. The minimum absolute atomic E-state index is 0.0411. The van der Waals surface area contributed by atoms with E-state index in [0.717, 1.165) is 35.6 Å². The van der Waals surface area contributed by atoms with Crippen molar-refractivity contribution >= 4 is 11.8 Å². The maximum absolute atomic E-state index is 12.7. The zero-order chi connectivity index (χ0) is 18.1. The van der Waals surface area contributed by atoms with Crippen LogP contribution in [0.1, 0.15) is 35.6 Å². The number of imidazole rings is 1. The van der Waals surface area contributed by atoms with E-state index < -0.39 is 0 Å². The normalized spacial score (nSPS) is 22.3. The Morgan fingerprint density at radius 2 is 2.12 bits per heavy atom. The number of nitrogens with zero attached hydrogens (tertiary/aromatic N) is 2. The lowest BCUT2D eigenvalue weighted by Gasteiger charge is -2.23. The first kappa shape index (κ1) is 16.8. The van der Waals surface area contributed by atoms with Crippen LogP contribution < -0.4 is 5.32 Å². The van der Waals surface area contributed by atoms with Gasteiger partial charge >= 0.3 is 0 Å². The van der Waals surface area contributed by atoms with E-state index in [1.165, 1.54) is 0 Å². The van der Waals surface area contributed by atoms with Gasteiger partial charge in [0.05, 0.1) is 11.7 Å². The SMILES string of the molecule is Cc1nc2c([nH]1)C[C@H](C(=O)N[C@@H]1CC(=O)N(Cc3ccccc3)C1)CC2. The van der Waals surface area contributed by atoms with E-state index in [0.29, 0.717) is 25.9 Å². The van der Waals surface area contributed by atoms with E-state index in [-0.39, 0.29) is 23.8 Å². The molecular formula is C20H24N4O2. The van der Waals surface area contributed by atoms with Crippen molar-refractivity contribution in [1.29, 1.82) is 0 Å². The molecule has 4 rings (SSSR count). The highest BCUT2D eigenvalue weighted by molar-refractivity contribution is 5.83. The minimum atomic E-state index is -0.0939. The fourth-order valence-electron chi connectivity index (χ4n) is 3.99. The molecule has 2 heterocycles. The number of aromatic amines is 1. The lowest BCUT2D eigenvalue weighted by atomic mass is 9.89. The molecule has 1 saturated heterocycles. The van der Waals surface area contributed by atoms with Crippen LogP contribution in [0.4, 0.5) is 0 Å². The molecule has 136 valence electrons. The van der Waals surface area contributed by atoms with Gasteiger partial charge in [-0.2, -0.15) is 0 Å². The first-order valence-electron chi connectivity index (χ1n) is 9.25. The molecule has 2 N–H and O–H groups in total. The van der Waals surface area contributed by atoms with Gasteiger partial charge in [-0.15, -0.1) is 0 Å². The van der Waals surface area contributed by atoms with E-state index in [2.05, 4.69) is 15.3 Å². The Hall–Kier alpha value is -2.63. The summed E-state index contributed by atoms with van der Waals surface area (Å²) in [5.41, 5.74) is 3.29. The third-order valence-electron chi connectivity index (χ3n) is 5.31. The number of carbonyl (C=O) groups is 2. The van der Waals surface area contributed by atoms with Crippen LogP contribution in [0, 0.1) is 12.8 Å². The number of carbonyl (C=O) groups excluding carboxylic acids is 2. The Labute approximate surface area is 153 Å². The van der Waals surface area contributed by atoms with Gasteiger partial charge in [0.15, 0.2) is 0 Å². The molecule has 6 nitrogen and oxygen atoms in total. The number of amides is 2. The molecule has 6 heteroatoms. The Balaban J connectivity index is 1.33. The molecule has 2 aromatic rings. The number of hydrogen-bond acceptors (Lipinski definition) is 3. The maximum Gasteiger partial charge on any atom is 0.225 e. The molecule has 1 aromatic heterocycles. The van der Waals surface area contributed by atoms with Crippen molar-refractivity contribution in [2.75, 3.05) is 6.54 Å². The predicted octanol–water partition coefficient (Wildman–Crippen LogP) is 1.74. The van der Waals surface area contributed by atoms with Gasteiger partial charge in [0, 0.05) is 37.5 Å². The average Bonchev–Trinajstić information content (AvgIpc) is 3.16. The van der Waals surface area contributed by atoms with Crippen LogP contribution in [0.3, 0.4) is 0 Å². The molecule has 2 amide bonds. The number of rotatable bonds is 4. The van der Waals surface area contributed by atoms with Crippen molar-refractivity contribution in [1.82, 2.24) is 20.2 Å². The average molecular weight is 352 g/mol. The summed E-state index contributed by atoms with van der Waals surface area (Å²) in [6.45, 7) is 3.13. The second-order valence-corrected chi connectivity index (χ2v) is 7.36. The monoisotopic (exact) mass is 352 g/mol. The highest BCUT2D eigenvalue weighted by Gasteiger charge is 2.33. The molecular weight excluding hydrogens is 328 g/mol. The second kappa shape index (κ2) is 6.94. The Morgan fingerprint density at radius 3 is 2.92 bits per heavy atom. The Morgan fingerprint density at radius 1 is 1.31 bits per heavy atom. The van der Waals surface area contributed by atoms with Crippen molar-refractivity contribution in [3.63, 3.8) is 0 Å². The number of aryl methyl sites for hydroxylation is 2. The maximum atomic E-state index is 12.7. The molecule has 2 atom stereocenters. The third-order valence-corrected chi connectivity index (χ3v) is 5.31. The van der Waals surface area contributed by atoms with Crippen molar-refractivity contribution < 1.29 is 9.59 Å². The van der Waals surface area contributed by atoms with Crippen molar-refractivity contribution in [3.8, 4) is 0 Å². The molecule has 26 heavy (non-hydrogen) atoms. The van der Waals surface area contributed by atoms with Gasteiger partial charge in [-0.1, -0.05) is 30.3 Å². The van der Waals surface area contributed by atoms with E-state index >= 15 is 0 Å². The van der Waals surface area contributed by atoms with Crippen molar-refractivity contribution in [2.45, 2.75) is 45.2 Å². The van der Waals surface area contributed by atoms with Crippen molar-refractivity contribution in [2.24, 2.45) is 5.92 Å². The highest BCUT2D eigenvalue weighted by Crippen LogP contribution is 2.24. The molecule has 0 radical (unpaired) electrons. The zero-order valence-electron chi connectivity index (χ0n) is 15.0. The molecule has 0 spiro atoms. The molecule has 1 aliphatic heterocycles. The predicted molar refractivity (Wildman–Crippen MR) is 97.2 cm³/mol. The fourth-order valence-corrected chi connectivity index (χ4v) is 3.99. The van der Waals surface area contributed by atoms with Gasteiger partial charge in [0.1, 0.15) is 5.82 Å². The van der Waals surface area contributed by atoms with Gasteiger partial charge in [-0.3, -0.25) is 9.59 Å². The summed E-state index contributed by atoms with van der Waals surface area (Å²) in [6.07, 6.45) is 2.75. The smallest absolute Gasteiger partial charge is 0.225 e. The number of likely N-dealkylation sites (tertiary alicyclic amines) is 1. The first-order valence-corrected chi connectivity index (χ1v) is 9.25. The molecule has 0 saturated carbocycles. The quantitative estimate of drug-likeness (QED) is 0.880. The second-order valence-electron chi connectivity index (χ2n) is 7.36. The number of fused-ring (bicyclic) bond motifs is 1. The van der Waals surface area contributed by atoms with E-state index in [1.807, 2.05) is 42.2 Å². The number of nitrogens with one attached hydrogen (secondary N) is 2. The number of H-pyrrole nitrogens is 1. The minimum Gasteiger partial charge on any atom is -0.351 e. The summed E-state index contributed by atoms with van der Waals surface area (Å²) in [5.74, 6) is 1.03. The van der Waals surface area contributed by atoms with Gasteiger partial charge in [0.2, 0.25) is 11.8 Å². The number of benzene rings is 1. The lowest BCUT2D eigenvalue weighted by Crippen LogP contribution is -2.42. The summed E-state index contributed by atoms with van der Waals surface area (Å²) >= 11 is 0. The lowest BCUT2D eigenvalue weighted by molar-refractivity contribution is -0.128. The van der Waals surface area contributed by atoms with E-state index in [4.69, 9.17) is 0 Å². The molecule has 2 aliphatic rings. The topological polar surface area (TPSA) is 78.1 Å². The van der Waals surface area contributed by atoms with Gasteiger partial charge in [-0.25, -0.2) is 4.98 Å². The highest BCUT2D eigenvalue weighted by atomic mass is 16.2. The van der Waals surface area contributed by atoms with Crippen LogP contribution in [0.2, 0.25) is 0 Å². The summed E-state index contributed by atoms with van der Waals surface area (Å²) in [7, 11) is 0. The number of aromatic nitrogens is 2. The molecule has 0 unspecified atom stereocenters. The van der Waals surface area contributed by atoms with Crippen LogP contribution in [0.15, 0.2) is 30.3 Å². The van der Waals surface area contributed by atoms with Crippen LogP contribution in [0.25, 0.3) is 0 Å². The molecule has 0 bridgehead atoms. The summed E-state index contributed by atoms with van der Waals surface area (Å²) in [5, 5.41) is 3.10. The molecule has 1 aromatic carbocycles. The standard InChI is InChI=1S/C20H24N4O2/c1-13-21-17-8-7-15(9-18(17)22-13)20(26)23-16-10-19(25)24(12-16)11-14-5-3-2-4-6-14/h2-6,15-16H,7-12H2,1H3,(H,21,22)(H,23,26)/t15-,16-/m1/s1. The molecule has 1 fully saturated rings. The van der Waals surface area contributed by atoms with Crippen LogP contribution >= 0.6 is 0 Å². The molecule has 1 aliphatic carbocycles. The summed E-state index contributed by atoms with van der Waals surface area (Å²) in [4.78, 5) is 34.5. The largest absolute Gasteiger partial charge is 0.351 e. The first-order chi connectivity index (χ1) is 12.6. The van der Waals surface area contributed by atoms with Crippen LogP contribution in [0.5, 0.6) is 0 Å².